The zero-order chi connectivity index (χ0) is 19.2. The third-order valence-corrected chi connectivity index (χ3v) is 4.98. The molecule has 7 nitrogen and oxygen atoms in total. The fourth-order valence-electron chi connectivity index (χ4n) is 3.17. The average molecular weight is 401 g/mol. The summed E-state index contributed by atoms with van der Waals surface area (Å²) >= 11 is 0.828. The molecular formula is C20H23N3O4S. The van der Waals surface area contributed by atoms with Gasteiger partial charge >= 0.3 is 0 Å². The molecule has 1 saturated heterocycles. The van der Waals surface area contributed by atoms with E-state index in [9.17, 15) is 0 Å². The van der Waals surface area contributed by atoms with Crippen molar-refractivity contribution in [1.29, 1.82) is 0 Å². The molecule has 3 aromatic rings. The van der Waals surface area contributed by atoms with Crippen LogP contribution in [-0.2, 0) is 11.3 Å². The van der Waals surface area contributed by atoms with Crippen LogP contribution < -0.4 is 10.1 Å². The lowest BCUT2D eigenvalue weighted by Gasteiger charge is -2.23. The van der Waals surface area contributed by atoms with Crippen molar-refractivity contribution in [2.45, 2.75) is 32.1 Å². The molecule has 8 heteroatoms. The number of furan rings is 1. The van der Waals surface area contributed by atoms with E-state index in [4.69, 9.17) is 18.4 Å². The fourth-order valence-corrected chi connectivity index (χ4v) is 3.40. The van der Waals surface area contributed by atoms with E-state index < -0.39 is 0 Å². The van der Waals surface area contributed by atoms with Crippen molar-refractivity contribution >= 4 is 22.9 Å². The van der Waals surface area contributed by atoms with Crippen LogP contribution in [0.25, 0.3) is 22.2 Å². The van der Waals surface area contributed by atoms with E-state index in [0.29, 0.717) is 24.7 Å². The molecule has 0 saturated carbocycles. The van der Waals surface area contributed by atoms with E-state index in [1.165, 1.54) is 6.33 Å². The van der Waals surface area contributed by atoms with Gasteiger partial charge in [-0.15, -0.1) is 0 Å². The second-order valence-electron chi connectivity index (χ2n) is 6.60. The maximum atomic E-state index is 8.75. The molecular weight excluding hydrogens is 378 g/mol. The molecule has 0 radical (unpaired) electrons. The Morgan fingerprint density at radius 2 is 2.18 bits per heavy atom. The van der Waals surface area contributed by atoms with E-state index >= 15 is 0 Å². The van der Waals surface area contributed by atoms with Crippen molar-refractivity contribution in [1.82, 2.24) is 15.3 Å². The highest BCUT2D eigenvalue weighted by molar-refractivity contribution is 7.93. The van der Waals surface area contributed by atoms with Crippen LogP contribution >= 0.6 is 12.0 Å². The van der Waals surface area contributed by atoms with Crippen LogP contribution in [0.2, 0.25) is 0 Å². The number of rotatable bonds is 8. The second kappa shape index (κ2) is 9.38. The minimum Gasteiger partial charge on any atom is -0.460 e. The third kappa shape index (κ3) is 4.64. The molecule has 0 bridgehead atoms. The van der Waals surface area contributed by atoms with E-state index in [2.05, 4.69) is 15.3 Å². The molecule has 1 fully saturated rings. The summed E-state index contributed by atoms with van der Waals surface area (Å²) < 4.78 is 26.4. The number of benzene rings is 1. The molecule has 1 atom stereocenters. The summed E-state index contributed by atoms with van der Waals surface area (Å²) in [5.41, 5.74) is 1.76. The summed E-state index contributed by atoms with van der Waals surface area (Å²) in [5.74, 6) is 2.80. The van der Waals surface area contributed by atoms with Crippen LogP contribution in [-0.4, -0.2) is 39.7 Å². The molecule has 2 N–H and O–H groups in total. The first-order valence-corrected chi connectivity index (χ1v) is 10.4. The Hall–Kier alpha value is -2.13. The molecule has 1 aromatic carbocycles. The van der Waals surface area contributed by atoms with E-state index in [-0.39, 0.29) is 6.29 Å². The quantitative estimate of drug-likeness (QED) is 0.431. The van der Waals surface area contributed by atoms with Crippen LogP contribution in [0.1, 0.15) is 25.0 Å². The molecule has 4 rings (SSSR count). The number of hydrogen-bond donors (Lipinski definition) is 2. The number of hydrogen-bond acceptors (Lipinski definition) is 8. The Balaban J connectivity index is 1.53. The Labute approximate surface area is 167 Å². The highest BCUT2D eigenvalue weighted by Gasteiger charge is 2.18. The first-order valence-electron chi connectivity index (χ1n) is 9.42. The van der Waals surface area contributed by atoms with Gasteiger partial charge in [0.15, 0.2) is 0 Å². The van der Waals surface area contributed by atoms with E-state index in [1.807, 2.05) is 30.3 Å². The zero-order valence-electron chi connectivity index (χ0n) is 15.5. The first kappa shape index (κ1) is 19.2. The van der Waals surface area contributed by atoms with Crippen molar-refractivity contribution in [3.63, 3.8) is 0 Å². The lowest BCUT2D eigenvalue weighted by molar-refractivity contribution is -0.107. The van der Waals surface area contributed by atoms with Crippen LogP contribution in [0.3, 0.4) is 0 Å². The van der Waals surface area contributed by atoms with Crippen molar-refractivity contribution in [3.05, 3.63) is 42.4 Å². The minimum absolute atomic E-state index is 0.256. The molecule has 1 unspecified atom stereocenters. The molecule has 0 spiro atoms. The van der Waals surface area contributed by atoms with Crippen LogP contribution in [0, 0.1) is 0 Å². The number of fused-ring (bicyclic) bond motifs is 1. The second-order valence-corrected chi connectivity index (χ2v) is 7.27. The number of ether oxygens (including phenoxy) is 2. The minimum atomic E-state index is -0.256. The van der Waals surface area contributed by atoms with Gasteiger partial charge in [0.05, 0.1) is 24.1 Å². The number of nitrogens with zero attached hydrogens (tertiary/aromatic N) is 2. The van der Waals surface area contributed by atoms with Crippen molar-refractivity contribution < 1.29 is 18.4 Å². The fraction of sp³-hybridized carbons (Fsp3) is 0.400. The van der Waals surface area contributed by atoms with E-state index in [0.717, 1.165) is 65.9 Å². The van der Waals surface area contributed by atoms with Gasteiger partial charge in [-0.3, -0.25) is 0 Å². The Morgan fingerprint density at radius 1 is 1.21 bits per heavy atom. The Bertz CT molecular complexity index is 911. The van der Waals surface area contributed by atoms with Gasteiger partial charge in [-0.2, -0.15) is 0 Å². The number of aromatic nitrogens is 2. The summed E-state index contributed by atoms with van der Waals surface area (Å²) in [5, 5.41) is 4.06. The average Bonchev–Trinajstić information content (AvgIpc) is 3.21. The summed E-state index contributed by atoms with van der Waals surface area (Å²) in [7, 11) is 0. The zero-order valence-corrected chi connectivity index (χ0v) is 16.3. The summed E-state index contributed by atoms with van der Waals surface area (Å²) in [6.07, 6.45) is 4.30. The predicted molar refractivity (Wildman–Crippen MR) is 108 cm³/mol. The summed E-state index contributed by atoms with van der Waals surface area (Å²) in [6.45, 7) is 2.05. The van der Waals surface area contributed by atoms with Crippen molar-refractivity contribution in [2.75, 3.05) is 18.9 Å². The molecule has 0 aliphatic carbocycles. The van der Waals surface area contributed by atoms with Gasteiger partial charge in [0.2, 0.25) is 12.2 Å². The molecule has 28 heavy (non-hydrogen) atoms. The molecule has 1 aliphatic heterocycles. The molecule has 2 aromatic heterocycles. The monoisotopic (exact) mass is 401 g/mol. The molecule has 1 aliphatic rings. The molecule has 0 amide bonds. The first-order chi connectivity index (χ1) is 13.8. The van der Waals surface area contributed by atoms with Gasteiger partial charge in [0.1, 0.15) is 17.8 Å². The highest BCUT2D eigenvalue weighted by atomic mass is 32.2. The number of nitrogens with one attached hydrogen (secondary N) is 1. The Kier molecular flexibility index (Phi) is 6.43. The SMILES string of the molecule is OSCCNCc1ccc(-c2ccc3ncnc(OC4CCCCO4)c3c2)o1. The van der Waals surface area contributed by atoms with Gasteiger partial charge in [-0.05, 0) is 55.2 Å². The van der Waals surface area contributed by atoms with E-state index in [1.54, 1.807) is 0 Å². The van der Waals surface area contributed by atoms with Crippen LogP contribution in [0.4, 0.5) is 0 Å². The topological polar surface area (TPSA) is 89.6 Å². The highest BCUT2D eigenvalue weighted by Crippen LogP contribution is 2.30. The molecule has 3 heterocycles. The maximum Gasteiger partial charge on any atom is 0.226 e. The maximum absolute atomic E-state index is 8.75. The van der Waals surface area contributed by atoms with Gasteiger partial charge in [0.25, 0.3) is 0 Å². The normalized spacial score (nSPS) is 17.1. The van der Waals surface area contributed by atoms with Gasteiger partial charge in [0, 0.05) is 24.3 Å². The lowest BCUT2D eigenvalue weighted by Crippen LogP contribution is -2.25. The standard InChI is InChI=1S/C20H23N3O4S/c24-28-10-8-21-12-15-5-7-18(26-15)14-4-6-17-16(11-14)20(23-13-22-17)27-19-3-1-2-9-25-19/h4-7,11,13,19,21,24H,1-3,8-10,12H2. The van der Waals surface area contributed by atoms with Crippen molar-refractivity contribution in [3.8, 4) is 17.2 Å². The lowest BCUT2D eigenvalue weighted by atomic mass is 10.1. The van der Waals surface area contributed by atoms with Crippen LogP contribution in [0.15, 0.2) is 41.1 Å². The smallest absolute Gasteiger partial charge is 0.226 e. The largest absolute Gasteiger partial charge is 0.460 e. The molecule has 148 valence electrons. The Morgan fingerprint density at radius 3 is 3.04 bits per heavy atom. The van der Waals surface area contributed by atoms with Gasteiger partial charge in [-0.1, -0.05) is 0 Å². The summed E-state index contributed by atoms with van der Waals surface area (Å²) in [4.78, 5) is 8.66. The van der Waals surface area contributed by atoms with Gasteiger partial charge in [-0.25, -0.2) is 9.97 Å². The third-order valence-electron chi connectivity index (χ3n) is 4.60. The van der Waals surface area contributed by atoms with Crippen molar-refractivity contribution in [2.24, 2.45) is 0 Å². The summed E-state index contributed by atoms with van der Waals surface area (Å²) in [6, 6.07) is 9.82. The van der Waals surface area contributed by atoms with Crippen LogP contribution in [0.5, 0.6) is 5.88 Å². The van der Waals surface area contributed by atoms with Gasteiger partial charge < -0.3 is 23.8 Å². The predicted octanol–water partition coefficient (Wildman–Crippen LogP) is 4.09.